The van der Waals surface area contributed by atoms with Gasteiger partial charge in [0.15, 0.2) is 0 Å². The molecule has 1 aliphatic heterocycles. The summed E-state index contributed by atoms with van der Waals surface area (Å²) in [4.78, 5) is 11.7. The summed E-state index contributed by atoms with van der Waals surface area (Å²) in [5, 5.41) is 12.0. The average molecular weight is 241 g/mol. The van der Waals surface area contributed by atoms with E-state index < -0.39 is 12.5 Å². The lowest BCUT2D eigenvalue weighted by molar-refractivity contribution is -0.00582. The lowest BCUT2D eigenvalue weighted by atomic mass is 9.98. The van der Waals surface area contributed by atoms with Crippen molar-refractivity contribution in [1.82, 2.24) is 5.32 Å². The van der Waals surface area contributed by atoms with Gasteiger partial charge < -0.3 is 10.4 Å². The smallest absolute Gasteiger partial charge is 0.268 e. The average Bonchev–Trinajstić information content (AvgIpc) is 2.50. The number of carbonyl (C=O) groups is 1. The van der Waals surface area contributed by atoms with Gasteiger partial charge in [-0.25, -0.2) is 8.78 Å². The van der Waals surface area contributed by atoms with Crippen LogP contribution in [0.2, 0.25) is 0 Å². The number of amides is 1. The molecule has 0 spiro atoms. The van der Waals surface area contributed by atoms with Crippen LogP contribution in [0.3, 0.4) is 0 Å². The first-order valence-corrected chi connectivity index (χ1v) is 5.47. The summed E-state index contributed by atoms with van der Waals surface area (Å²) in [5.41, 5.74) is 1.31. The van der Waals surface area contributed by atoms with Gasteiger partial charge in [0.2, 0.25) is 0 Å². The molecule has 5 heteroatoms. The molecule has 1 aromatic carbocycles. The number of hydrogen-bond donors (Lipinski definition) is 2. The highest BCUT2D eigenvalue weighted by molar-refractivity contribution is 5.96. The van der Waals surface area contributed by atoms with E-state index in [1.807, 2.05) is 0 Å². The first-order valence-electron chi connectivity index (χ1n) is 5.47. The third kappa shape index (κ3) is 2.44. The lowest BCUT2D eigenvalue weighted by Gasteiger charge is -2.12. The third-order valence-electron chi connectivity index (χ3n) is 2.87. The molecule has 1 amide bonds. The maximum atomic E-state index is 12.4. The summed E-state index contributed by atoms with van der Waals surface area (Å²) in [6.45, 7) is 0.584. The molecule has 1 unspecified atom stereocenters. The van der Waals surface area contributed by atoms with Crippen molar-refractivity contribution in [3.63, 3.8) is 0 Å². The van der Waals surface area contributed by atoms with E-state index in [-0.39, 0.29) is 11.5 Å². The Morgan fingerprint density at radius 2 is 2.12 bits per heavy atom. The molecule has 2 rings (SSSR count). The van der Waals surface area contributed by atoms with Gasteiger partial charge in [-0.2, -0.15) is 0 Å². The molecule has 0 radical (unpaired) electrons. The van der Waals surface area contributed by atoms with Crippen molar-refractivity contribution in [1.29, 1.82) is 0 Å². The lowest BCUT2D eigenvalue weighted by Crippen LogP contribution is -2.23. The largest absolute Gasteiger partial charge is 0.382 e. The Bertz CT molecular complexity index is 435. The Labute approximate surface area is 97.5 Å². The van der Waals surface area contributed by atoms with E-state index >= 15 is 0 Å². The van der Waals surface area contributed by atoms with Gasteiger partial charge >= 0.3 is 0 Å². The number of fused-ring (bicyclic) bond motifs is 1. The maximum Gasteiger partial charge on any atom is 0.268 e. The number of rotatable bonds is 2. The first kappa shape index (κ1) is 12.0. The minimum absolute atomic E-state index is 0.0794. The molecule has 1 atom stereocenters. The van der Waals surface area contributed by atoms with Crippen LogP contribution in [0.25, 0.3) is 0 Å². The van der Waals surface area contributed by atoms with Crippen LogP contribution in [0.4, 0.5) is 8.78 Å². The predicted molar refractivity (Wildman–Crippen MR) is 58.1 cm³/mol. The number of carbonyl (C=O) groups excluding carboxylic acids is 1. The molecule has 0 aromatic heterocycles. The Morgan fingerprint density at radius 1 is 1.35 bits per heavy atom. The molecule has 1 heterocycles. The molecular weight excluding hydrogens is 228 g/mol. The van der Waals surface area contributed by atoms with Gasteiger partial charge in [0.1, 0.15) is 6.10 Å². The van der Waals surface area contributed by atoms with E-state index in [9.17, 15) is 18.7 Å². The second kappa shape index (κ2) is 4.79. The van der Waals surface area contributed by atoms with Crippen LogP contribution in [-0.4, -0.2) is 24.0 Å². The molecule has 0 bridgehead atoms. The first-order chi connectivity index (χ1) is 8.09. The van der Waals surface area contributed by atoms with Crippen molar-refractivity contribution in [3.05, 3.63) is 34.9 Å². The standard InChI is InChI=1S/C12H13F2NO2/c13-11(14)10(16)8-4-3-7-2-1-5-15-12(17)9(7)6-8/h3-4,6,10-11,16H,1-2,5H2,(H,15,17). The summed E-state index contributed by atoms with van der Waals surface area (Å²) in [6.07, 6.45) is -3.12. The minimum atomic E-state index is -2.85. The van der Waals surface area contributed by atoms with Gasteiger partial charge in [-0.15, -0.1) is 0 Å². The van der Waals surface area contributed by atoms with Crippen molar-refractivity contribution in [3.8, 4) is 0 Å². The zero-order valence-electron chi connectivity index (χ0n) is 9.12. The van der Waals surface area contributed by atoms with Crippen molar-refractivity contribution < 1.29 is 18.7 Å². The molecule has 2 N–H and O–H groups in total. The quantitative estimate of drug-likeness (QED) is 0.827. The molecule has 0 saturated carbocycles. The number of benzene rings is 1. The molecule has 0 saturated heterocycles. The van der Waals surface area contributed by atoms with E-state index in [0.717, 1.165) is 18.4 Å². The Hall–Kier alpha value is -1.49. The Kier molecular flexibility index (Phi) is 3.38. The van der Waals surface area contributed by atoms with E-state index in [1.165, 1.54) is 12.1 Å². The van der Waals surface area contributed by atoms with Crippen LogP contribution in [0, 0.1) is 0 Å². The molecule has 0 fully saturated rings. The summed E-state index contributed by atoms with van der Waals surface area (Å²) in [7, 11) is 0. The number of alkyl halides is 2. The van der Waals surface area contributed by atoms with Crippen LogP contribution in [0.5, 0.6) is 0 Å². The number of aliphatic hydroxyl groups excluding tert-OH is 1. The zero-order valence-corrected chi connectivity index (χ0v) is 9.12. The fraction of sp³-hybridized carbons (Fsp3) is 0.417. The second-order valence-corrected chi connectivity index (χ2v) is 4.06. The number of halogens is 2. The molecule has 1 aromatic rings. The predicted octanol–water partition coefficient (Wildman–Crippen LogP) is 1.66. The third-order valence-corrected chi connectivity index (χ3v) is 2.87. The summed E-state index contributed by atoms with van der Waals surface area (Å²) >= 11 is 0. The highest BCUT2D eigenvalue weighted by Gasteiger charge is 2.22. The number of nitrogens with one attached hydrogen (secondary N) is 1. The van der Waals surface area contributed by atoms with Gasteiger partial charge in [-0.05, 0) is 30.0 Å². The number of hydrogen-bond acceptors (Lipinski definition) is 2. The van der Waals surface area contributed by atoms with Crippen LogP contribution >= 0.6 is 0 Å². The van der Waals surface area contributed by atoms with Gasteiger partial charge in [-0.3, -0.25) is 4.79 Å². The van der Waals surface area contributed by atoms with Gasteiger partial charge in [0.25, 0.3) is 12.3 Å². The number of aliphatic hydroxyl groups is 1. The second-order valence-electron chi connectivity index (χ2n) is 4.06. The topological polar surface area (TPSA) is 49.3 Å². The van der Waals surface area contributed by atoms with Crippen LogP contribution in [0.15, 0.2) is 18.2 Å². The van der Waals surface area contributed by atoms with Gasteiger partial charge in [0.05, 0.1) is 0 Å². The van der Waals surface area contributed by atoms with E-state index in [2.05, 4.69) is 5.32 Å². The SMILES string of the molecule is O=C1NCCCc2ccc(C(O)C(F)F)cc21. The van der Waals surface area contributed by atoms with Crippen LogP contribution in [-0.2, 0) is 6.42 Å². The van der Waals surface area contributed by atoms with E-state index in [0.29, 0.717) is 12.1 Å². The van der Waals surface area contributed by atoms with Crippen LogP contribution in [0.1, 0.15) is 34.0 Å². The summed E-state index contributed by atoms with van der Waals surface area (Å²) in [5.74, 6) is -0.263. The van der Waals surface area contributed by atoms with Crippen LogP contribution < -0.4 is 5.32 Å². The van der Waals surface area contributed by atoms with Crippen molar-refractivity contribution in [2.45, 2.75) is 25.4 Å². The zero-order chi connectivity index (χ0) is 12.4. The van der Waals surface area contributed by atoms with E-state index in [4.69, 9.17) is 0 Å². The Morgan fingerprint density at radius 3 is 2.82 bits per heavy atom. The molecule has 1 aliphatic rings. The summed E-state index contributed by atoms with van der Waals surface area (Å²) in [6, 6.07) is 4.45. The van der Waals surface area contributed by atoms with Gasteiger partial charge in [-0.1, -0.05) is 12.1 Å². The molecule has 0 aliphatic carbocycles. The fourth-order valence-electron chi connectivity index (χ4n) is 1.93. The molecular formula is C12H13F2NO2. The van der Waals surface area contributed by atoms with Gasteiger partial charge in [0, 0.05) is 12.1 Å². The van der Waals surface area contributed by atoms with E-state index in [1.54, 1.807) is 6.07 Å². The maximum absolute atomic E-state index is 12.4. The van der Waals surface area contributed by atoms with Crippen molar-refractivity contribution in [2.24, 2.45) is 0 Å². The molecule has 92 valence electrons. The normalized spacial score (nSPS) is 17.3. The monoisotopic (exact) mass is 241 g/mol. The highest BCUT2D eigenvalue weighted by Crippen LogP contribution is 2.24. The Balaban J connectivity index is 2.38. The minimum Gasteiger partial charge on any atom is -0.382 e. The fourth-order valence-corrected chi connectivity index (χ4v) is 1.93. The molecule has 17 heavy (non-hydrogen) atoms. The van der Waals surface area contributed by atoms with Crippen molar-refractivity contribution >= 4 is 5.91 Å². The van der Waals surface area contributed by atoms with Crippen molar-refractivity contribution in [2.75, 3.05) is 6.54 Å². The summed E-state index contributed by atoms with van der Waals surface area (Å²) < 4.78 is 24.7. The number of aryl methyl sites for hydroxylation is 1. The molecule has 3 nitrogen and oxygen atoms in total. The highest BCUT2D eigenvalue weighted by atomic mass is 19.3.